The van der Waals surface area contributed by atoms with E-state index in [0.717, 1.165) is 0 Å². The maximum Gasteiger partial charge on any atom is 0.326 e. The molecule has 13 heteroatoms. The van der Waals surface area contributed by atoms with Gasteiger partial charge in [-0.05, 0) is 30.7 Å². The van der Waals surface area contributed by atoms with E-state index in [4.69, 9.17) is 10.8 Å². The van der Waals surface area contributed by atoms with Crippen molar-refractivity contribution in [2.45, 2.75) is 25.3 Å². The molecule has 34 heavy (non-hydrogen) atoms. The monoisotopic (exact) mass is 470 g/mol. The van der Waals surface area contributed by atoms with E-state index in [2.05, 4.69) is 25.6 Å². The van der Waals surface area contributed by atoms with Gasteiger partial charge in [-0.1, -0.05) is 6.07 Å². The molecule has 0 saturated carbocycles. The minimum absolute atomic E-state index is 0.0142. The summed E-state index contributed by atoms with van der Waals surface area (Å²) in [7, 11) is 0. The van der Waals surface area contributed by atoms with Crippen LogP contribution in [0.1, 0.15) is 39.3 Å². The van der Waals surface area contributed by atoms with Gasteiger partial charge in [0.1, 0.15) is 11.7 Å². The van der Waals surface area contributed by atoms with Crippen molar-refractivity contribution in [2.24, 2.45) is 0 Å². The molecule has 13 nitrogen and oxygen atoms in total. The Morgan fingerprint density at radius 3 is 2.44 bits per heavy atom. The Morgan fingerprint density at radius 2 is 1.76 bits per heavy atom. The average Bonchev–Trinajstić information content (AvgIpc) is 3.19. The third kappa shape index (κ3) is 5.97. The lowest BCUT2D eigenvalue weighted by atomic mass is 10.1. The number of rotatable bonds is 10. The lowest BCUT2D eigenvalue weighted by Crippen LogP contribution is -2.41. The van der Waals surface area contributed by atoms with Gasteiger partial charge < -0.3 is 31.6 Å². The maximum atomic E-state index is 12.5. The Morgan fingerprint density at radius 1 is 1.06 bits per heavy atom. The number of amides is 2. The molecule has 0 aliphatic carbocycles. The quantitative estimate of drug-likeness (QED) is 0.209. The van der Waals surface area contributed by atoms with Crippen LogP contribution < -0.4 is 21.9 Å². The Hall–Kier alpha value is -4.68. The number of aromatic nitrogens is 3. The molecule has 0 fully saturated rings. The number of nitrogens with zero attached hydrogens (tertiary/aromatic N) is 1. The Kier molecular flexibility index (Phi) is 7.26. The minimum Gasteiger partial charge on any atom is -0.481 e. The molecule has 2 heterocycles. The molecule has 2 amide bonds. The highest BCUT2D eigenvalue weighted by Gasteiger charge is 2.22. The molecule has 0 bridgehead atoms. The number of nitrogen functional groups attached to an aromatic ring is 1. The fourth-order valence-corrected chi connectivity index (χ4v) is 3.21. The van der Waals surface area contributed by atoms with Crippen LogP contribution >= 0.6 is 0 Å². The summed E-state index contributed by atoms with van der Waals surface area (Å²) in [5.41, 5.74) is 6.36. The summed E-state index contributed by atoms with van der Waals surface area (Å²) in [6.07, 6.45) is -0.336. The van der Waals surface area contributed by atoms with Crippen LogP contribution in [0.2, 0.25) is 0 Å². The van der Waals surface area contributed by atoms with Gasteiger partial charge in [-0.2, -0.15) is 4.98 Å². The first kappa shape index (κ1) is 24.0. The predicted molar refractivity (Wildman–Crippen MR) is 119 cm³/mol. The molecule has 8 N–H and O–H groups in total. The second kappa shape index (κ2) is 10.3. The molecule has 0 unspecified atom stereocenters. The number of hydrogen-bond acceptors (Lipinski definition) is 7. The number of nitrogens with two attached hydrogens (primary N) is 1. The number of aliphatic carboxylic acids is 2. The Labute approximate surface area is 191 Å². The van der Waals surface area contributed by atoms with E-state index >= 15 is 0 Å². The number of carbonyl (C=O) groups is 4. The van der Waals surface area contributed by atoms with E-state index in [1.165, 1.54) is 24.3 Å². The van der Waals surface area contributed by atoms with E-state index in [0.29, 0.717) is 23.1 Å². The van der Waals surface area contributed by atoms with E-state index in [-0.39, 0.29) is 35.6 Å². The normalized spacial score (nSPS) is 11.6. The van der Waals surface area contributed by atoms with Gasteiger partial charge in [0.2, 0.25) is 5.95 Å². The number of carboxylic acids is 2. The lowest BCUT2D eigenvalue weighted by Gasteiger charge is -2.14. The van der Waals surface area contributed by atoms with Gasteiger partial charge in [-0.25, -0.2) is 4.79 Å². The van der Waals surface area contributed by atoms with Gasteiger partial charge in [-0.15, -0.1) is 0 Å². The molecule has 3 rings (SSSR count). The van der Waals surface area contributed by atoms with Crippen LogP contribution in [-0.2, 0) is 16.0 Å². The average molecular weight is 470 g/mol. The van der Waals surface area contributed by atoms with E-state index in [1.54, 1.807) is 6.07 Å². The smallest absolute Gasteiger partial charge is 0.326 e. The molecule has 2 aromatic heterocycles. The fraction of sp³-hybridized carbons (Fsp3) is 0.238. The van der Waals surface area contributed by atoms with Crippen molar-refractivity contribution >= 4 is 40.7 Å². The molecule has 1 aromatic carbocycles. The molecule has 0 saturated heterocycles. The van der Waals surface area contributed by atoms with Crippen LogP contribution in [0.15, 0.2) is 35.1 Å². The number of nitrogens with one attached hydrogen (secondary N) is 4. The number of hydrogen-bond donors (Lipinski definition) is 7. The molecule has 0 spiro atoms. The van der Waals surface area contributed by atoms with Crippen molar-refractivity contribution in [3.8, 4) is 0 Å². The number of H-pyrrole nitrogens is 2. The molecular formula is C21H22N6O7. The zero-order chi connectivity index (χ0) is 24.8. The third-order valence-electron chi connectivity index (χ3n) is 4.89. The predicted octanol–water partition coefficient (Wildman–Crippen LogP) is -0.146. The molecule has 1 atom stereocenters. The van der Waals surface area contributed by atoms with Crippen LogP contribution in [0.25, 0.3) is 11.0 Å². The first-order valence-electron chi connectivity index (χ1n) is 10.1. The highest BCUT2D eigenvalue weighted by molar-refractivity contribution is 6.00. The zero-order valence-electron chi connectivity index (χ0n) is 17.8. The van der Waals surface area contributed by atoms with Crippen molar-refractivity contribution in [1.29, 1.82) is 0 Å². The molecule has 3 aromatic rings. The summed E-state index contributed by atoms with van der Waals surface area (Å²) < 4.78 is 0. The zero-order valence-corrected chi connectivity index (χ0v) is 17.8. The second-order valence-corrected chi connectivity index (χ2v) is 7.39. The minimum atomic E-state index is -1.38. The molecule has 0 aliphatic heterocycles. The van der Waals surface area contributed by atoms with Crippen LogP contribution in [0.4, 0.5) is 5.95 Å². The van der Waals surface area contributed by atoms with Crippen molar-refractivity contribution in [2.75, 3.05) is 12.3 Å². The summed E-state index contributed by atoms with van der Waals surface area (Å²) in [5, 5.41) is 23.2. The van der Waals surface area contributed by atoms with Crippen LogP contribution in [0, 0.1) is 0 Å². The number of aromatic amines is 2. The van der Waals surface area contributed by atoms with Gasteiger partial charge in [0.05, 0.1) is 5.39 Å². The van der Waals surface area contributed by atoms with E-state index in [9.17, 15) is 29.1 Å². The van der Waals surface area contributed by atoms with Crippen molar-refractivity contribution < 1.29 is 29.4 Å². The highest BCUT2D eigenvalue weighted by Crippen LogP contribution is 2.10. The van der Waals surface area contributed by atoms with Crippen LogP contribution in [-0.4, -0.2) is 61.5 Å². The third-order valence-corrected chi connectivity index (χ3v) is 4.89. The summed E-state index contributed by atoms with van der Waals surface area (Å²) in [6.45, 7) is 0.214. The van der Waals surface area contributed by atoms with E-state index in [1.807, 2.05) is 0 Å². The van der Waals surface area contributed by atoms with E-state index < -0.39 is 36.2 Å². The first-order chi connectivity index (χ1) is 16.1. The van der Waals surface area contributed by atoms with Crippen LogP contribution in [0.5, 0.6) is 0 Å². The van der Waals surface area contributed by atoms with Gasteiger partial charge in [-0.3, -0.25) is 24.2 Å². The van der Waals surface area contributed by atoms with Crippen LogP contribution in [0.3, 0.4) is 0 Å². The molecular weight excluding hydrogens is 448 g/mol. The number of carboxylic acid groups (broad SMARTS) is 2. The van der Waals surface area contributed by atoms with Gasteiger partial charge in [0, 0.05) is 36.2 Å². The standard InChI is InChI=1S/C21H22N6O7/c22-21-26-16-13(19(32)27-21)9-12(24-16)6-7-23-17(30)10-2-1-3-11(8-10)18(31)25-14(20(33)34)4-5-15(28)29/h1-3,8-9,14H,4-7H2,(H,23,30)(H,25,31)(H,28,29)(H,33,34)(H4,22,24,26,27,32)/t14-/m0/s1. The summed E-state index contributed by atoms with van der Waals surface area (Å²) in [5.74, 6) is -3.77. The highest BCUT2D eigenvalue weighted by atomic mass is 16.4. The van der Waals surface area contributed by atoms with Crippen molar-refractivity contribution in [3.63, 3.8) is 0 Å². The lowest BCUT2D eigenvalue weighted by molar-refractivity contribution is -0.140. The van der Waals surface area contributed by atoms with Gasteiger partial charge in [0.15, 0.2) is 0 Å². The number of fused-ring (bicyclic) bond motifs is 1. The van der Waals surface area contributed by atoms with Gasteiger partial charge >= 0.3 is 11.9 Å². The van der Waals surface area contributed by atoms with Crippen molar-refractivity contribution in [3.05, 3.63) is 57.5 Å². The number of carbonyl (C=O) groups excluding carboxylic acids is 2. The molecule has 0 radical (unpaired) electrons. The van der Waals surface area contributed by atoms with Gasteiger partial charge in [0.25, 0.3) is 17.4 Å². The number of anilines is 1. The Balaban J connectivity index is 1.60. The topological polar surface area (TPSA) is 220 Å². The largest absolute Gasteiger partial charge is 0.481 e. The number of benzene rings is 1. The Bertz CT molecular complexity index is 1310. The van der Waals surface area contributed by atoms with Crippen molar-refractivity contribution in [1.82, 2.24) is 25.6 Å². The summed E-state index contributed by atoms with van der Waals surface area (Å²) in [4.78, 5) is 68.1. The molecule has 0 aliphatic rings. The summed E-state index contributed by atoms with van der Waals surface area (Å²) >= 11 is 0. The first-order valence-corrected chi connectivity index (χ1v) is 10.1. The second-order valence-electron chi connectivity index (χ2n) is 7.39. The fourth-order valence-electron chi connectivity index (χ4n) is 3.21. The molecule has 178 valence electrons. The summed E-state index contributed by atoms with van der Waals surface area (Å²) in [6, 6.07) is 5.89. The SMILES string of the molecule is Nc1nc2[nH]c(CCNC(=O)c3cccc(C(=O)N[C@@H](CCC(=O)O)C(=O)O)c3)cc2c(=O)[nH]1. The maximum absolute atomic E-state index is 12.5.